The number of aliphatic imine (C=N–C) groups is 1. The van der Waals surface area contributed by atoms with Crippen molar-refractivity contribution in [2.45, 2.75) is 90.6 Å². The fourth-order valence-corrected chi connectivity index (χ4v) is 4.31. The average Bonchev–Trinajstić information content (AvgIpc) is 3.38. The van der Waals surface area contributed by atoms with E-state index in [1.165, 1.54) is 0 Å². The summed E-state index contributed by atoms with van der Waals surface area (Å²) in [5.41, 5.74) is 3.15. The molecule has 6 nitrogen and oxygen atoms in total. The molecule has 3 aliphatic rings. The number of amides is 1. The third-order valence-electron chi connectivity index (χ3n) is 6.83. The van der Waals surface area contributed by atoms with Gasteiger partial charge in [0.2, 0.25) is 0 Å². The Morgan fingerprint density at radius 3 is 2.34 bits per heavy atom. The quantitative estimate of drug-likeness (QED) is 0.649. The van der Waals surface area contributed by atoms with Crippen LogP contribution in [0.4, 0.5) is 4.79 Å². The zero-order valence-corrected chi connectivity index (χ0v) is 20.4. The summed E-state index contributed by atoms with van der Waals surface area (Å²) in [6.07, 6.45) is 4.34. The van der Waals surface area contributed by atoms with Gasteiger partial charge in [0.05, 0.1) is 17.2 Å². The number of carbonyl (C=O) groups is 1. The molecule has 3 aliphatic heterocycles. The molecule has 1 amide bonds. The number of ether oxygens (including phenoxy) is 1. The van der Waals surface area contributed by atoms with E-state index in [-0.39, 0.29) is 30.5 Å². The van der Waals surface area contributed by atoms with E-state index in [1.54, 1.807) is 0 Å². The Hall–Kier alpha value is -2.12. The lowest BCUT2D eigenvalue weighted by Crippen LogP contribution is -2.43. The van der Waals surface area contributed by atoms with Crippen LogP contribution in [0.2, 0.25) is 0 Å². The van der Waals surface area contributed by atoms with Crippen LogP contribution in [0.1, 0.15) is 73.3 Å². The van der Waals surface area contributed by atoms with Gasteiger partial charge in [-0.15, -0.1) is 0 Å². The maximum Gasteiger partial charge on any atom is 0.494 e. The number of hydrogen-bond acceptors (Lipinski definition) is 5. The van der Waals surface area contributed by atoms with Gasteiger partial charge in [0.1, 0.15) is 5.60 Å². The molecule has 0 spiro atoms. The fraction of sp³-hybridized carbons (Fsp3) is 0.600. The van der Waals surface area contributed by atoms with Crippen LogP contribution in [-0.2, 0) is 14.0 Å². The topological polar surface area (TPSA) is 60.4 Å². The molecular formula is C25H35BN2O4. The van der Waals surface area contributed by atoms with Gasteiger partial charge in [0.15, 0.2) is 0 Å². The van der Waals surface area contributed by atoms with Gasteiger partial charge in [-0.05, 0) is 77.9 Å². The smallest absolute Gasteiger partial charge is 0.444 e. The largest absolute Gasteiger partial charge is 0.494 e. The van der Waals surface area contributed by atoms with Gasteiger partial charge in [-0.1, -0.05) is 24.3 Å². The molecule has 4 rings (SSSR count). The lowest BCUT2D eigenvalue weighted by Gasteiger charge is -2.32. The normalized spacial score (nSPS) is 24.5. The Balaban J connectivity index is 1.40. The van der Waals surface area contributed by atoms with Crippen LogP contribution >= 0.6 is 0 Å². The van der Waals surface area contributed by atoms with Crippen molar-refractivity contribution >= 4 is 30.0 Å². The predicted molar refractivity (Wildman–Crippen MR) is 128 cm³/mol. The molecule has 1 aromatic carbocycles. The Morgan fingerprint density at radius 2 is 1.75 bits per heavy atom. The van der Waals surface area contributed by atoms with Crippen molar-refractivity contribution in [3.63, 3.8) is 0 Å². The van der Waals surface area contributed by atoms with Crippen molar-refractivity contribution in [1.29, 1.82) is 0 Å². The van der Waals surface area contributed by atoms with E-state index in [2.05, 4.69) is 52.0 Å². The van der Waals surface area contributed by atoms with Crippen LogP contribution in [0.5, 0.6) is 0 Å². The lowest BCUT2D eigenvalue weighted by atomic mass is 9.78. The zero-order chi connectivity index (χ0) is 23.3. The van der Waals surface area contributed by atoms with Crippen LogP contribution in [0.3, 0.4) is 0 Å². The van der Waals surface area contributed by atoms with Gasteiger partial charge >= 0.3 is 13.2 Å². The summed E-state index contributed by atoms with van der Waals surface area (Å²) in [5.74, 6) is 0. The molecule has 1 unspecified atom stereocenters. The molecule has 0 aliphatic carbocycles. The molecule has 0 aromatic heterocycles. The number of benzene rings is 1. The van der Waals surface area contributed by atoms with E-state index in [0.717, 1.165) is 48.1 Å². The molecule has 1 aromatic rings. The molecule has 32 heavy (non-hydrogen) atoms. The summed E-state index contributed by atoms with van der Waals surface area (Å²) in [5, 5.41) is 0. The highest BCUT2D eigenvalue weighted by atomic mass is 16.7. The molecule has 0 saturated carbocycles. The number of hydrogen-bond donors (Lipinski definition) is 0. The fourth-order valence-electron chi connectivity index (χ4n) is 4.31. The Kier molecular flexibility index (Phi) is 5.79. The van der Waals surface area contributed by atoms with Crippen LogP contribution < -0.4 is 5.46 Å². The second-order valence-corrected chi connectivity index (χ2v) is 11.0. The van der Waals surface area contributed by atoms with Crippen LogP contribution in [0.15, 0.2) is 35.5 Å². The molecule has 1 atom stereocenters. The van der Waals surface area contributed by atoms with E-state index in [9.17, 15) is 4.79 Å². The first kappa shape index (κ1) is 23.1. The molecule has 7 heteroatoms. The van der Waals surface area contributed by atoms with Gasteiger partial charge < -0.3 is 14.0 Å². The summed E-state index contributed by atoms with van der Waals surface area (Å²) in [7, 11) is -0.362. The van der Waals surface area contributed by atoms with Crippen molar-refractivity contribution < 1.29 is 18.8 Å². The Bertz CT molecular complexity index is 928. The number of rotatable bonds is 3. The summed E-state index contributed by atoms with van der Waals surface area (Å²) in [6, 6.07) is 8.36. The van der Waals surface area contributed by atoms with E-state index >= 15 is 0 Å². The summed E-state index contributed by atoms with van der Waals surface area (Å²) < 4.78 is 17.9. The second kappa shape index (κ2) is 8.03. The lowest BCUT2D eigenvalue weighted by molar-refractivity contribution is 0.00578. The summed E-state index contributed by atoms with van der Waals surface area (Å²) >= 11 is 0. The molecule has 0 N–H and O–H groups in total. The van der Waals surface area contributed by atoms with Crippen molar-refractivity contribution in [2.24, 2.45) is 4.99 Å². The minimum absolute atomic E-state index is 0.0163. The van der Waals surface area contributed by atoms with Gasteiger partial charge in [0, 0.05) is 24.9 Å². The monoisotopic (exact) mass is 438 g/mol. The number of likely N-dealkylation sites (tertiary alicyclic amines) is 1. The average molecular weight is 438 g/mol. The minimum Gasteiger partial charge on any atom is -0.444 e. The second-order valence-electron chi connectivity index (χ2n) is 11.0. The van der Waals surface area contributed by atoms with Crippen molar-refractivity contribution in [1.82, 2.24) is 4.90 Å². The highest BCUT2D eigenvalue weighted by molar-refractivity contribution is 6.62. The standard InChI is InChI=1S/C25H35BN2O4/c1-23(2,3)30-22(29)28-14-8-9-21(28)20-15-18(16-27-20)17-10-12-19(13-11-17)26-31-24(4,5)25(6,7)32-26/h10-13,16,21H,8-9,14-15H2,1-7H3. The molecule has 2 saturated heterocycles. The first-order valence-corrected chi connectivity index (χ1v) is 11.6. The number of nitrogens with zero attached hydrogens (tertiary/aromatic N) is 2. The van der Waals surface area contributed by atoms with Crippen molar-refractivity contribution in [2.75, 3.05) is 6.54 Å². The maximum absolute atomic E-state index is 12.6. The predicted octanol–water partition coefficient (Wildman–Crippen LogP) is 4.57. The van der Waals surface area contributed by atoms with Crippen LogP contribution in [0, 0.1) is 0 Å². The van der Waals surface area contributed by atoms with Gasteiger partial charge in [0.25, 0.3) is 0 Å². The van der Waals surface area contributed by atoms with E-state index in [1.807, 2.05) is 31.9 Å². The Labute approximate surface area is 192 Å². The molecule has 0 bridgehead atoms. The third kappa shape index (κ3) is 4.51. The van der Waals surface area contributed by atoms with E-state index < -0.39 is 5.60 Å². The van der Waals surface area contributed by atoms with E-state index in [0.29, 0.717) is 0 Å². The minimum atomic E-state index is -0.496. The van der Waals surface area contributed by atoms with Crippen LogP contribution in [0.25, 0.3) is 5.57 Å². The summed E-state index contributed by atoms with van der Waals surface area (Å²) in [4.78, 5) is 19.2. The molecule has 3 heterocycles. The Morgan fingerprint density at radius 1 is 1.12 bits per heavy atom. The third-order valence-corrected chi connectivity index (χ3v) is 6.83. The summed E-state index contributed by atoms with van der Waals surface area (Å²) in [6.45, 7) is 14.7. The van der Waals surface area contributed by atoms with Gasteiger partial charge in [-0.3, -0.25) is 9.89 Å². The molecule has 172 valence electrons. The van der Waals surface area contributed by atoms with Crippen molar-refractivity contribution in [3.8, 4) is 0 Å². The number of carbonyl (C=O) groups excluding carboxylic acids is 1. The molecular weight excluding hydrogens is 403 g/mol. The van der Waals surface area contributed by atoms with Gasteiger partial charge in [-0.2, -0.15) is 0 Å². The van der Waals surface area contributed by atoms with Crippen molar-refractivity contribution in [3.05, 3.63) is 36.0 Å². The molecule has 2 fully saturated rings. The first-order valence-electron chi connectivity index (χ1n) is 11.6. The first-order chi connectivity index (χ1) is 14.9. The zero-order valence-electron chi connectivity index (χ0n) is 20.4. The van der Waals surface area contributed by atoms with Gasteiger partial charge in [-0.25, -0.2) is 4.79 Å². The SMILES string of the molecule is CC(C)(C)OC(=O)N1CCCC1C1=NC=C(c2ccc(B3OC(C)(C)C(C)(C)O3)cc2)C1. The molecule has 0 radical (unpaired) electrons. The highest BCUT2D eigenvalue weighted by Crippen LogP contribution is 2.37. The maximum atomic E-state index is 12.6. The highest BCUT2D eigenvalue weighted by Gasteiger charge is 2.51. The van der Waals surface area contributed by atoms with E-state index in [4.69, 9.17) is 19.0 Å². The number of allylic oxidation sites excluding steroid dienone is 1. The van der Waals surface area contributed by atoms with Crippen LogP contribution in [-0.4, -0.2) is 53.2 Å².